The molecular weight excluding hydrogens is 460 g/mol. The molecule has 0 spiro atoms. The Balaban J connectivity index is 1.61. The van der Waals surface area contributed by atoms with Gasteiger partial charge in [0.15, 0.2) is 11.7 Å². The smallest absolute Gasteiger partial charge is 0.344 e. The van der Waals surface area contributed by atoms with Crippen molar-refractivity contribution in [3.05, 3.63) is 69.2 Å². The lowest BCUT2D eigenvalue weighted by molar-refractivity contribution is -0.147. The van der Waals surface area contributed by atoms with Crippen molar-refractivity contribution in [1.82, 2.24) is 4.98 Å². The first-order chi connectivity index (χ1) is 15.7. The maximum absolute atomic E-state index is 12.4. The van der Waals surface area contributed by atoms with Gasteiger partial charge in [0.1, 0.15) is 12.4 Å². The zero-order valence-corrected chi connectivity index (χ0v) is 20.9. The van der Waals surface area contributed by atoms with E-state index in [2.05, 4.69) is 18.8 Å². The highest BCUT2D eigenvalue weighted by atomic mass is 35.5. The second-order valence-electron chi connectivity index (χ2n) is 8.06. The van der Waals surface area contributed by atoms with Crippen LogP contribution in [0.5, 0.6) is 5.75 Å². The van der Waals surface area contributed by atoms with Gasteiger partial charge in [-0.05, 0) is 54.7 Å². The predicted molar refractivity (Wildman–Crippen MR) is 132 cm³/mol. The third-order valence-corrected chi connectivity index (χ3v) is 6.11. The molecule has 1 aromatic heterocycles. The molecule has 0 bridgehead atoms. The molecule has 174 valence electrons. The van der Waals surface area contributed by atoms with Crippen LogP contribution in [0.4, 0.5) is 10.8 Å². The van der Waals surface area contributed by atoms with Crippen LogP contribution in [0.1, 0.15) is 49.1 Å². The molecule has 0 aliphatic rings. The Hall–Kier alpha value is -2.90. The summed E-state index contributed by atoms with van der Waals surface area (Å²) in [4.78, 5) is 30.5. The lowest BCUT2D eigenvalue weighted by atomic mass is 10.0. The van der Waals surface area contributed by atoms with Crippen molar-refractivity contribution in [3.63, 3.8) is 0 Å². The van der Waals surface area contributed by atoms with Crippen molar-refractivity contribution in [1.29, 1.82) is 0 Å². The molecule has 3 rings (SSSR count). The van der Waals surface area contributed by atoms with Crippen molar-refractivity contribution >= 4 is 45.6 Å². The fourth-order valence-electron chi connectivity index (χ4n) is 3.33. The van der Waals surface area contributed by atoms with Crippen LogP contribution in [0.2, 0.25) is 5.02 Å². The summed E-state index contributed by atoms with van der Waals surface area (Å²) in [6.45, 7) is 9.32. The monoisotopic (exact) mass is 486 g/mol. The van der Waals surface area contributed by atoms with E-state index in [-0.39, 0.29) is 19.1 Å². The first-order valence-electron chi connectivity index (χ1n) is 10.6. The van der Waals surface area contributed by atoms with Crippen LogP contribution < -0.4 is 9.64 Å². The number of benzene rings is 2. The molecule has 2 aromatic carbocycles. The molecule has 0 fully saturated rings. The topological polar surface area (TPSA) is 68.7 Å². The number of nitrogens with zero attached hydrogens (tertiary/aromatic N) is 2. The normalized spacial score (nSPS) is 10.9. The second kappa shape index (κ2) is 10.8. The van der Waals surface area contributed by atoms with Crippen molar-refractivity contribution in [3.8, 4) is 5.75 Å². The van der Waals surface area contributed by atoms with Crippen molar-refractivity contribution in [2.45, 2.75) is 47.1 Å². The van der Waals surface area contributed by atoms with Gasteiger partial charge in [-0.1, -0.05) is 43.6 Å². The highest BCUT2D eigenvalue weighted by Gasteiger charge is 2.23. The first kappa shape index (κ1) is 24.7. The number of halogens is 1. The average molecular weight is 487 g/mol. The number of thiazole rings is 1. The summed E-state index contributed by atoms with van der Waals surface area (Å²) in [5.41, 5.74) is 4.22. The number of anilines is 2. The maximum atomic E-state index is 12.4. The van der Waals surface area contributed by atoms with Gasteiger partial charge in [-0.3, -0.25) is 9.69 Å². The zero-order valence-electron chi connectivity index (χ0n) is 19.3. The van der Waals surface area contributed by atoms with Gasteiger partial charge in [-0.15, -0.1) is 11.3 Å². The summed E-state index contributed by atoms with van der Waals surface area (Å²) >= 11 is 7.72. The third kappa shape index (κ3) is 6.33. The summed E-state index contributed by atoms with van der Waals surface area (Å²) < 4.78 is 10.8. The Kier molecular flexibility index (Phi) is 8.10. The number of rotatable bonds is 8. The summed E-state index contributed by atoms with van der Waals surface area (Å²) in [7, 11) is 0. The van der Waals surface area contributed by atoms with Gasteiger partial charge < -0.3 is 9.47 Å². The predicted octanol–water partition coefficient (Wildman–Crippen LogP) is 6.34. The van der Waals surface area contributed by atoms with Gasteiger partial charge in [0.25, 0.3) is 0 Å². The van der Waals surface area contributed by atoms with Crippen LogP contribution in [0, 0.1) is 13.8 Å². The first-order valence-corrected chi connectivity index (χ1v) is 11.8. The van der Waals surface area contributed by atoms with E-state index in [1.807, 2.05) is 50.2 Å². The molecule has 0 aliphatic heterocycles. The second-order valence-corrected chi connectivity index (χ2v) is 9.30. The molecule has 33 heavy (non-hydrogen) atoms. The van der Waals surface area contributed by atoms with Gasteiger partial charge in [-0.2, -0.15) is 0 Å². The molecule has 1 heterocycles. The number of aromatic nitrogens is 1. The van der Waals surface area contributed by atoms with Crippen LogP contribution in [0.3, 0.4) is 0 Å². The van der Waals surface area contributed by atoms with E-state index in [4.69, 9.17) is 21.1 Å². The molecule has 8 heteroatoms. The molecule has 0 saturated carbocycles. The Morgan fingerprint density at radius 3 is 2.45 bits per heavy atom. The molecule has 0 radical (unpaired) electrons. The SMILES string of the molecule is CC(=O)N(c1nc(COC(=O)COc2ccc(C(C)C)cc2)cs1)c1c(C)cc(C)cc1Cl. The lowest BCUT2D eigenvalue weighted by Gasteiger charge is -2.22. The number of esters is 1. The van der Waals surface area contributed by atoms with Gasteiger partial charge in [0.05, 0.1) is 16.4 Å². The van der Waals surface area contributed by atoms with E-state index in [9.17, 15) is 9.59 Å². The zero-order chi connectivity index (χ0) is 24.1. The number of amides is 1. The van der Waals surface area contributed by atoms with Crippen LogP contribution in [0.15, 0.2) is 41.8 Å². The minimum atomic E-state index is -0.502. The molecule has 0 unspecified atom stereocenters. The number of aryl methyl sites for hydroxylation is 2. The molecule has 0 N–H and O–H groups in total. The molecule has 0 saturated heterocycles. The molecule has 3 aromatic rings. The van der Waals surface area contributed by atoms with Gasteiger partial charge in [0, 0.05) is 12.3 Å². The van der Waals surface area contributed by atoms with Crippen molar-refractivity contribution in [2.24, 2.45) is 0 Å². The largest absolute Gasteiger partial charge is 0.482 e. The van der Waals surface area contributed by atoms with E-state index in [0.717, 1.165) is 11.1 Å². The maximum Gasteiger partial charge on any atom is 0.344 e. The Morgan fingerprint density at radius 2 is 1.85 bits per heavy atom. The molecule has 0 atom stereocenters. The van der Waals surface area contributed by atoms with E-state index in [0.29, 0.717) is 33.2 Å². The Labute approximate surface area is 203 Å². The van der Waals surface area contributed by atoms with Crippen molar-refractivity contribution < 1.29 is 19.1 Å². The van der Waals surface area contributed by atoms with Gasteiger partial charge in [0.2, 0.25) is 5.91 Å². The standard InChI is InChI=1S/C25H27ClN2O4S/c1-15(2)19-6-8-21(9-7-19)31-13-23(30)32-12-20-14-33-25(27-20)28(18(5)29)24-17(4)10-16(3)11-22(24)26/h6-11,14-15H,12-13H2,1-5H3. The molecule has 6 nitrogen and oxygen atoms in total. The van der Waals surface area contributed by atoms with Gasteiger partial charge in [-0.25, -0.2) is 9.78 Å². The van der Waals surface area contributed by atoms with E-state index in [1.165, 1.54) is 28.7 Å². The highest BCUT2D eigenvalue weighted by molar-refractivity contribution is 7.14. The number of hydrogen-bond acceptors (Lipinski definition) is 6. The lowest BCUT2D eigenvalue weighted by Crippen LogP contribution is -2.24. The number of carbonyl (C=O) groups is 2. The Bertz CT molecular complexity index is 1120. The minimum Gasteiger partial charge on any atom is -0.482 e. The summed E-state index contributed by atoms with van der Waals surface area (Å²) in [6.07, 6.45) is 0. The van der Waals surface area contributed by atoms with E-state index in [1.54, 1.807) is 5.38 Å². The average Bonchev–Trinajstić information content (AvgIpc) is 3.21. The van der Waals surface area contributed by atoms with Crippen LogP contribution >= 0.6 is 22.9 Å². The quantitative estimate of drug-likeness (QED) is 0.347. The number of hydrogen-bond donors (Lipinski definition) is 0. The highest BCUT2D eigenvalue weighted by Crippen LogP contribution is 2.37. The summed E-state index contributed by atoms with van der Waals surface area (Å²) in [5.74, 6) is 0.323. The van der Waals surface area contributed by atoms with Crippen LogP contribution in [-0.2, 0) is 20.9 Å². The van der Waals surface area contributed by atoms with Crippen molar-refractivity contribution in [2.75, 3.05) is 11.5 Å². The Morgan fingerprint density at radius 1 is 1.15 bits per heavy atom. The summed E-state index contributed by atoms with van der Waals surface area (Å²) in [6, 6.07) is 11.4. The fourth-order valence-corrected chi connectivity index (χ4v) is 4.59. The van der Waals surface area contributed by atoms with Crippen LogP contribution in [0.25, 0.3) is 0 Å². The number of carbonyl (C=O) groups excluding carboxylic acids is 2. The van der Waals surface area contributed by atoms with Crippen LogP contribution in [-0.4, -0.2) is 23.5 Å². The van der Waals surface area contributed by atoms with E-state index >= 15 is 0 Å². The minimum absolute atomic E-state index is 0.0165. The van der Waals surface area contributed by atoms with E-state index < -0.39 is 5.97 Å². The number of ether oxygens (including phenoxy) is 2. The molecular formula is C25H27ClN2O4S. The molecule has 1 amide bonds. The summed E-state index contributed by atoms with van der Waals surface area (Å²) in [5, 5.41) is 2.69. The fraction of sp³-hybridized carbons (Fsp3) is 0.320. The molecule has 0 aliphatic carbocycles. The van der Waals surface area contributed by atoms with Gasteiger partial charge >= 0.3 is 5.97 Å². The third-order valence-electron chi connectivity index (χ3n) is 4.95.